The van der Waals surface area contributed by atoms with Crippen molar-refractivity contribution in [2.24, 2.45) is 5.10 Å². The molecule has 10 heteroatoms. The first kappa shape index (κ1) is 21.3. The largest absolute Gasteiger partial charge is 0.418 e. The Morgan fingerprint density at radius 1 is 1.03 bits per heavy atom. The molecule has 1 aliphatic heterocycles. The number of nitrogens with one attached hydrogen (secondary N) is 1. The molecule has 1 aliphatic rings. The summed E-state index contributed by atoms with van der Waals surface area (Å²) in [5, 5.41) is 12.0. The van der Waals surface area contributed by atoms with Gasteiger partial charge in [-0.15, -0.1) is 0 Å². The van der Waals surface area contributed by atoms with Gasteiger partial charge in [-0.2, -0.15) is 23.4 Å². The Hall–Kier alpha value is -3.95. The van der Waals surface area contributed by atoms with Gasteiger partial charge in [-0.3, -0.25) is 9.59 Å². The number of aryl methyl sites for hydroxylation is 1. The van der Waals surface area contributed by atoms with Crippen molar-refractivity contribution in [3.05, 3.63) is 71.9 Å². The molecule has 2 amide bonds. The third kappa shape index (κ3) is 4.25. The molecular formula is C22H18F3N5O2. The third-order valence-corrected chi connectivity index (χ3v) is 4.81. The van der Waals surface area contributed by atoms with Gasteiger partial charge in [0.05, 0.1) is 22.6 Å². The summed E-state index contributed by atoms with van der Waals surface area (Å²) in [7, 11) is 0. The summed E-state index contributed by atoms with van der Waals surface area (Å²) in [5.74, 6) is -0.813. The number of carbonyl (C=O) groups is 2. The quantitative estimate of drug-likeness (QED) is 0.655. The molecule has 1 N–H and O–H groups in total. The standard InChI is InChI=1S/C22H18F3N5O2/c1-14-13-19(30(27-14)18-10-6-5-9-16(18)22(23,24)25)26-21(32)17-11-12-20(31)29(28-17)15-7-3-2-4-8-15/h2-10,13H,11-12H2,1H3,(H,26,32). The summed E-state index contributed by atoms with van der Waals surface area (Å²) in [4.78, 5) is 25.1. The van der Waals surface area contributed by atoms with Crippen LogP contribution in [0, 0.1) is 6.92 Å². The molecule has 0 saturated carbocycles. The number of rotatable bonds is 4. The Balaban J connectivity index is 1.65. The highest BCUT2D eigenvalue weighted by atomic mass is 19.4. The summed E-state index contributed by atoms with van der Waals surface area (Å²) in [6.45, 7) is 1.61. The van der Waals surface area contributed by atoms with Gasteiger partial charge in [0.1, 0.15) is 11.5 Å². The van der Waals surface area contributed by atoms with Crippen molar-refractivity contribution in [3.8, 4) is 5.69 Å². The van der Waals surface area contributed by atoms with Crippen LogP contribution in [0.25, 0.3) is 5.69 Å². The summed E-state index contributed by atoms with van der Waals surface area (Å²) < 4.78 is 41.5. The maximum absolute atomic E-state index is 13.5. The zero-order valence-electron chi connectivity index (χ0n) is 16.9. The molecule has 7 nitrogen and oxygen atoms in total. The minimum absolute atomic E-state index is 0.0649. The molecule has 2 heterocycles. The zero-order valence-corrected chi connectivity index (χ0v) is 16.9. The maximum atomic E-state index is 13.5. The molecule has 0 spiro atoms. The third-order valence-electron chi connectivity index (χ3n) is 4.81. The second-order valence-electron chi connectivity index (χ2n) is 7.14. The summed E-state index contributed by atoms with van der Waals surface area (Å²) in [6.07, 6.45) is -4.40. The molecule has 164 valence electrons. The Morgan fingerprint density at radius 3 is 2.44 bits per heavy atom. The van der Waals surface area contributed by atoms with Crippen molar-refractivity contribution in [2.75, 3.05) is 10.3 Å². The lowest BCUT2D eigenvalue weighted by molar-refractivity contribution is -0.137. The first-order valence-corrected chi connectivity index (χ1v) is 9.74. The molecule has 0 fully saturated rings. The number of hydrogen-bond donors (Lipinski definition) is 1. The highest BCUT2D eigenvalue weighted by Crippen LogP contribution is 2.34. The van der Waals surface area contributed by atoms with Gasteiger partial charge in [0.15, 0.2) is 0 Å². The van der Waals surface area contributed by atoms with E-state index in [1.165, 1.54) is 24.3 Å². The normalized spacial score (nSPS) is 14.3. The van der Waals surface area contributed by atoms with E-state index in [4.69, 9.17) is 0 Å². The number of hydrogen-bond acceptors (Lipinski definition) is 4. The van der Waals surface area contributed by atoms with Crippen molar-refractivity contribution < 1.29 is 22.8 Å². The first-order valence-electron chi connectivity index (χ1n) is 9.74. The van der Waals surface area contributed by atoms with Crippen LogP contribution in [0.15, 0.2) is 65.8 Å². The molecule has 0 aliphatic carbocycles. The molecule has 1 aromatic heterocycles. The molecule has 3 aromatic rings. The first-order chi connectivity index (χ1) is 15.2. The topological polar surface area (TPSA) is 79.6 Å². The second kappa shape index (κ2) is 8.29. The monoisotopic (exact) mass is 441 g/mol. The molecule has 0 bridgehead atoms. The summed E-state index contributed by atoms with van der Waals surface area (Å²) in [5.41, 5.74) is -0.0704. The minimum Gasteiger partial charge on any atom is -0.305 e. The Kier molecular flexibility index (Phi) is 5.52. The lowest BCUT2D eigenvalue weighted by atomic mass is 10.1. The lowest BCUT2D eigenvalue weighted by Crippen LogP contribution is -2.36. The van der Waals surface area contributed by atoms with E-state index in [1.54, 1.807) is 37.3 Å². The minimum atomic E-state index is -4.60. The molecule has 0 radical (unpaired) electrons. The van der Waals surface area contributed by atoms with Gasteiger partial charge in [0, 0.05) is 18.9 Å². The van der Waals surface area contributed by atoms with Gasteiger partial charge in [0.25, 0.3) is 5.91 Å². The number of aromatic nitrogens is 2. The van der Waals surface area contributed by atoms with Crippen molar-refractivity contribution in [3.63, 3.8) is 0 Å². The Labute approximate surface area is 181 Å². The van der Waals surface area contributed by atoms with E-state index in [-0.39, 0.29) is 36.0 Å². The number of anilines is 2. The number of alkyl halides is 3. The highest BCUT2D eigenvalue weighted by Gasteiger charge is 2.34. The van der Waals surface area contributed by atoms with E-state index >= 15 is 0 Å². The van der Waals surface area contributed by atoms with Gasteiger partial charge in [-0.1, -0.05) is 30.3 Å². The number of halogens is 3. The molecule has 0 unspecified atom stereocenters. The number of nitrogens with zero attached hydrogens (tertiary/aromatic N) is 4. The summed E-state index contributed by atoms with van der Waals surface area (Å²) in [6, 6.07) is 15.1. The van der Waals surface area contributed by atoms with E-state index in [2.05, 4.69) is 15.5 Å². The fraction of sp³-hybridized carbons (Fsp3) is 0.182. The van der Waals surface area contributed by atoms with Gasteiger partial charge < -0.3 is 5.32 Å². The van der Waals surface area contributed by atoms with E-state index in [1.807, 2.05) is 0 Å². The Morgan fingerprint density at radius 2 is 1.72 bits per heavy atom. The lowest BCUT2D eigenvalue weighted by Gasteiger charge is -2.23. The molecule has 2 aromatic carbocycles. The molecular weight excluding hydrogens is 423 g/mol. The van der Waals surface area contributed by atoms with E-state index in [0.29, 0.717) is 11.4 Å². The second-order valence-corrected chi connectivity index (χ2v) is 7.14. The number of benzene rings is 2. The van der Waals surface area contributed by atoms with Gasteiger partial charge >= 0.3 is 6.18 Å². The number of hydrazone groups is 1. The van der Waals surface area contributed by atoms with Crippen molar-refractivity contribution in [2.45, 2.75) is 25.9 Å². The fourth-order valence-corrected chi connectivity index (χ4v) is 3.35. The average Bonchev–Trinajstić information content (AvgIpc) is 3.13. The smallest absolute Gasteiger partial charge is 0.305 e. The number of carbonyl (C=O) groups excluding carboxylic acids is 2. The van der Waals surface area contributed by atoms with Gasteiger partial charge in [-0.05, 0) is 31.2 Å². The zero-order chi connectivity index (χ0) is 22.9. The van der Waals surface area contributed by atoms with Crippen LogP contribution in [0.2, 0.25) is 0 Å². The van der Waals surface area contributed by atoms with Crippen LogP contribution in [0.4, 0.5) is 24.7 Å². The predicted octanol–water partition coefficient (Wildman–Crippen LogP) is 4.32. The van der Waals surface area contributed by atoms with Crippen LogP contribution in [0.1, 0.15) is 24.1 Å². The van der Waals surface area contributed by atoms with E-state index in [9.17, 15) is 22.8 Å². The predicted molar refractivity (Wildman–Crippen MR) is 113 cm³/mol. The highest BCUT2D eigenvalue weighted by molar-refractivity contribution is 6.44. The van der Waals surface area contributed by atoms with Crippen molar-refractivity contribution in [1.29, 1.82) is 0 Å². The van der Waals surface area contributed by atoms with Gasteiger partial charge in [0.2, 0.25) is 5.91 Å². The fourth-order valence-electron chi connectivity index (χ4n) is 3.35. The van der Waals surface area contributed by atoms with Gasteiger partial charge in [-0.25, -0.2) is 9.69 Å². The van der Waals surface area contributed by atoms with E-state index < -0.39 is 17.6 Å². The molecule has 4 rings (SSSR count). The maximum Gasteiger partial charge on any atom is 0.418 e. The number of amides is 2. The number of para-hydroxylation sites is 2. The molecule has 0 atom stereocenters. The molecule has 32 heavy (non-hydrogen) atoms. The van der Waals surface area contributed by atoms with Crippen LogP contribution in [0.3, 0.4) is 0 Å². The van der Waals surface area contributed by atoms with Crippen LogP contribution in [0.5, 0.6) is 0 Å². The van der Waals surface area contributed by atoms with Crippen molar-refractivity contribution >= 4 is 29.0 Å². The van der Waals surface area contributed by atoms with Crippen LogP contribution in [-0.2, 0) is 15.8 Å². The average molecular weight is 441 g/mol. The SMILES string of the molecule is Cc1cc(NC(=O)C2=NN(c3ccccc3)C(=O)CC2)n(-c2ccccc2C(F)(F)F)n1. The van der Waals surface area contributed by atoms with Crippen LogP contribution >= 0.6 is 0 Å². The summed E-state index contributed by atoms with van der Waals surface area (Å²) >= 11 is 0. The van der Waals surface area contributed by atoms with E-state index in [0.717, 1.165) is 15.8 Å². The van der Waals surface area contributed by atoms with Crippen molar-refractivity contribution in [1.82, 2.24) is 9.78 Å². The van der Waals surface area contributed by atoms with Crippen LogP contribution in [-0.4, -0.2) is 27.3 Å². The Bertz CT molecular complexity index is 1200. The molecule has 0 saturated heterocycles. The van der Waals surface area contributed by atoms with Crippen LogP contribution < -0.4 is 10.3 Å².